The van der Waals surface area contributed by atoms with Crippen LogP contribution in [0.3, 0.4) is 0 Å². The van der Waals surface area contributed by atoms with E-state index in [0.717, 1.165) is 77.4 Å². The van der Waals surface area contributed by atoms with Crippen molar-refractivity contribution in [2.75, 3.05) is 13.2 Å². The molecule has 0 aromatic heterocycles. The van der Waals surface area contributed by atoms with E-state index in [1.54, 1.807) is 24.3 Å². The van der Waals surface area contributed by atoms with Crippen molar-refractivity contribution in [3.05, 3.63) is 37.0 Å². The summed E-state index contributed by atoms with van der Waals surface area (Å²) in [4.78, 5) is 34.4. The molecule has 11 atom stereocenters. The Bertz CT molecular complexity index is 1310. The fourth-order valence-corrected chi connectivity index (χ4v) is 8.91. The van der Waals surface area contributed by atoms with Crippen molar-refractivity contribution >= 4 is 27.1 Å². The summed E-state index contributed by atoms with van der Waals surface area (Å²) in [5.74, 6) is 0.0212. The molecule has 0 amide bonds. The summed E-state index contributed by atoms with van der Waals surface area (Å²) in [6.45, 7) is 7.51. The van der Waals surface area contributed by atoms with Gasteiger partial charge in [-0.25, -0.2) is 4.79 Å². The van der Waals surface area contributed by atoms with Gasteiger partial charge < -0.3 is 49.0 Å². The van der Waals surface area contributed by atoms with Crippen molar-refractivity contribution in [3.63, 3.8) is 0 Å². The molecule has 1 unspecified atom stereocenters. The van der Waals surface area contributed by atoms with Gasteiger partial charge in [0.25, 0.3) is 0 Å². The Kier molecular flexibility index (Phi) is 20.6. The van der Waals surface area contributed by atoms with Crippen LogP contribution >= 0.6 is 9.41 Å². The maximum atomic E-state index is 11.7. The molecule has 0 aromatic rings. The van der Waals surface area contributed by atoms with Crippen LogP contribution in [0.1, 0.15) is 122 Å². The third-order valence-corrected chi connectivity index (χ3v) is 12.0. The topological polar surface area (TPSA) is 199 Å². The summed E-state index contributed by atoms with van der Waals surface area (Å²) in [6, 6.07) is 0. The van der Waals surface area contributed by atoms with E-state index in [2.05, 4.69) is 13.5 Å². The molecule has 2 heterocycles. The van der Waals surface area contributed by atoms with E-state index >= 15 is 0 Å². The van der Waals surface area contributed by atoms with Crippen LogP contribution < -0.4 is 0 Å². The second-order valence-electron chi connectivity index (χ2n) is 16.5. The van der Waals surface area contributed by atoms with Crippen LogP contribution in [-0.2, 0) is 33.1 Å². The number of ketones is 2. The number of hydrogen-bond acceptors (Lipinski definition) is 13. The fourth-order valence-electron chi connectivity index (χ4n) is 8.73. The van der Waals surface area contributed by atoms with Crippen LogP contribution in [0, 0.1) is 50.0 Å². The van der Waals surface area contributed by atoms with Gasteiger partial charge in [-0.15, -0.1) is 6.58 Å². The first kappa shape index (κ1) is 48.1. The molecule has 4 saturated carbocycles. The largest absolute Gasteiger partial charge is 0.509 e. The first-order chi connectivity index (χ1) is 26.7. The van der Waals surface area contributed by atoms with Gasteiger partial charge in [-0.05, 0) is 83.0 Å². The molecule has 0 aromatic carbocycles. The molecule has 2 spiro atoms. The van der Waals surface area contributed by atoms with E-state index in [-0.39, 0.29) is 114 Å². The third kappa shape index (κ3) is 16.1. The standard InChI is InChI=1S/C14H18O6.C9H16O.C8H14O2.C5H9O2P.C5H8O2.Ac/c15-10-2-3-11(16)12(10)20-13(17)19-9-4-6-14(8-9)5-1-7-18-14;1-3-5-9(10)6-4-8(2)7-9;9-7-2-4-8(6-7)3-1-5-10-8;6-4-1-2-5(3-4)7-8;6-4-1-2-5(7)3-4;/h9,12H,1-8H2;3,8,10H,1,4-7H2,2H3;7,9H,1-6H2;1-2,4-6H,3,8H2;1-2,4-7H,3H2;/t9-,14+;8-,9+;7-,8+;2*4-,5+;/m0000../s1/i;;;8T;;/t;;;4-,5+,8?;;. The van der Waals surface area contributed by atoms with Crippen LogP contribution in [0.4, 0.5) is 4.79 Å². The molecule has 2 aliphatic heterocycles. The molecule has 315 valence electrons. The number of carbonyl (C=O) groups excluding carboxylic acids is 3. The molecule has 6 fully saturated rings. The molecular formula is C41H65AcO13P. The molecule has 13 nitrogen and oxygen atoms in total. The summed E-state index contributed by atoms with van der Waals surface area (Å²) < 4.78 is 33.1. The van der Waals surface area contributed by atoms with Crippen LogP contribution in [-0.4, -0.2) is 117 Å². The van der Waals surface area contributed by atoms with E-state index in [9.17, 15) is 24.6 Å². The molecule has 1 radical (unpaired) electrons. The third-order valence-electron chi connectivity index (χ3n) is 11.7. The van der Waals surface area contributed by atoms with E-state index in [1.807, 2.05) is 6.08 Å². The second-order valence-corrected chi connectivity index (χ2v) is 16.7. The number of rotatable bonds is 6. The number of hydrogen-bond donors (Lipinski definition) is 5. The number of aliphatic hydroxyl groups excluding tert-OH is 4. The minimum Gasteiger partial charge on any atom is -0.431 e. The van der Waals surface area contributed by atoms with E-state index in [1.165, 1.54) is 19.3 Å². The fraction of sp³-hybridized carbons (Fsp3) is 0.780. The van der Waals surface area contributed by atoms with Gasteiger partial charge in [0.15, 0.2) is 11.6 Å². The quantitative estimate of drug-likeness (QED) is 0.105. The zero-order chi connectivity index (χ0) is 40.8. The van der Waals surface area contributed by atoms with Gasteiger partial charge >= 0.3 is 6.16 Å². The van der Waals surface area contributed by atoms with Gasteiger partial charge in [0, 0.05) is 105 Å². The van der Waals surface area contributed by atoms with Crippen LogP contribution in [0.2, 0.25) is 0 Å². The van der Waals surface area contributed by atoms with Crippen molar-refractivity contribution in [2.24, 2.45) is 5.92 Å². The Morgan fingerprint density at radius 3 is 1.89 bits per heavy atom. The van der Waals surface area contributed by atoms with E-state index < -0.39 is 30.1 Å². The molecule has 15 heteroatoms. The minimum absolute atomic E-state index is 0. The first-order valence-electron chi connectivity index (χ1n) is 20.6. The molecule has 6 aliphatic carbocycles. The molecule has 0 bridgehead atoms. The Labute approximate surface area is 371 Å². The predicted molar refractivity (Wildman–Crippen MR) is 207 cm³/mol. The van der Waals surface area contributed by atoms with Crippen LogP contribution in [0.5, 0.6) is 0 Å². The van der Waals surface area contributed by atoms with Crippen molar-refractivity contribution < 1.29 is 107 Å². The van der Waals surface area contributed by atoms with Crippen LogP contribution in [0.15, 0.2) is 37.0 Å². The Morgan fingerprint density at radius 1 is 0.857 bits per heavy atom. The van der Waals surface area contributed by atoms with Gasteiger partial charge in [0.05, 0.1) is 48.6 Å². The summed E-state index contributed by atoms with van der Waals surface area (Å²) in [5, 5.41) is 45.3. The number of Topliss-reactive ketones (excluding diaryl/α,β-unsaturated/α-hetero) is 2. The smallest absolute Gasteiger partial charge is 0.431 e. The summed E-state index contributed by atoms with van der Waals surface area (Å²) >= 11 is 0. The van der Waals surface area contributed by atoms with Gasteiger partial charge in [-0.3, -0.25) is 9.59 Å². The van der Waals surface area contributed by atoms with E-state index in [0.29, 0.717) is 25.2 Å². The first-order valence-corrected chi connectivity index (χ1v) is 20.5. The van der Waals surface area contributed by atoms with Crippen LogP contribution in [0.25, 0.3) is 0 Å². The second kappa shape index (κ2) is 24.0. The maximum Gasteiger partial charge on any atom is 0.509 e. The van der Waals surface area contributed by atoms with Gasteiger partial charge in [-0.2, -0.15) is 0 Å². The number of ether oxygens (including phenoxy) is 4. The average Bonchev–Trinajstić information content (AvgIpc) is 4.02. The van der Waals surface area contributed by atoms with E-state index in [4.69, 9.17) is 40.1 Å². The van der Waals surface area contributed by atoms with Crippen molar-refractivity contribution in [3.8, 4) is 0 Å². The molecule has 8 aliphatic rings. The average molecular weight is 1030 g/mol. The van der Waals surface area contributed by atoms with Gasteiger partial charge in [0.1, 0.15) is 6.10 Å². The van der Waals surface area contributed by atoms with Gasteiger partial charge in [0.2, 0.25) is 6.10 Å². The Hall–Kier alpha value is -0.618. The molecule has 8 rings (SSSR count). The van der Waals surface area contributed by atoms with Crippen molar-refractivity contribution in [1.82, 2.24) is 0 Å². The Morgan fingerprint density at radius 2 is 1.45 bits per heavy atom. The summed E-state index contributed by atoms with van der Waals surface area (Å²) in [5.41, 5.74) is -0.426. The zero-order valence-electron chi connectivity index (χ0n) is 33.9. The minimum atomic E-state index is -1.25. The summed E-state index contributed by atoms with van der Waals surface area (Å²) in [6.07, 6.45) is 19.7. The SMILES string of the molecule is C=CC[C@@]1(O)CC[C@H](C)C1.O=C(OC1C(=O)CCC1=O)O[C@H]1CC[C@]2(CCCO2)C1.O[C@@H]1C=C[C@H](O)C1.O[C@H]1CC[C@]2(CCCO2)C1.[3H]PO[C@@H]1C=C[C@H](O)C1.[Ac]. The zero-order valence-corrected chi connectivity index (χ0v) is 38.7. The number of carbonyl (C=O) groups is 3. The van der Waals surface area contributed by atoms with Gasteiger partial charge in [-0.1, -0.05) is 37.3 Å². The molecule has 5 N–H and O–H groups in total. The summed E-state index contributed by atoms with van der Waals surface area (Å²) in [7, 11) is -0.231. The monoisotopic (exact) mass is 1030 g/mol. The molecular weight excluding hydrogens is 958 g/mol. The Balaban J connectivity index is 0.000000202. The normalized spacial score (nSPS) is 38.3. The van der Waals surface area contributed by atoms with Crippen molar-refractivity contribution in [1.29, 1.82) is 1.28 Å². The maximum absolute atomic E-state index is 11.7. The van der Waals surface area contributed by atoms with Crippen molar-refractivity contribution in [2.45, 2.75) is 182 Å². The molecule has 56 heavy (non-hydrogen) atoms. The number of aliphatic hydroxyl groups is 5. The molecule has 2 saturated heterocycles. The predicted octanol–water partition coefficient (Wildman–Crippen LogP) is 4.89.